The molecule has 4 aromatic rings. The number of carboxylic acids is 2. The van der Waals surface area contributed by atoms with Gasteiger partial charge in [0.05, 0.1) is 40.9 Å². The van der Waals surface area contributed by atoms with E-state index in [0.717, 1.165) is 44.2 Å². The number of hydrogen-bond donors (Lipinski definition) is 5. The molecule has 1 aromatic carbocycles. The van der Waals surface area contributed by atoms with Crippen LogP contribution in [0.25, 0.3) is 33.1 Å². The average molecular weight is 541 g/mol. The molecule has 1 unspecified atom stereocenters. The molecule has 0 spiro atoms. The highest BCUT2D eigenvalue weighted by molar-refractivity contribution is 6.04. The van der Waals surface area contributed by atoms with Crippen LogP contribution in [0.3, 0.4) is 0 Å². The summed E-state index contributed by atoms with van der Waals surface area (Å²) >= 11 is 0. The number of ether oxygens (including phenoxy) is 1. The highest BCUT2D eigenvalue weighted by Crippen LogP contribution is 2.33. The minimum atomic E-state index is -1.79. The lowest BCUT2D eigenvalue weighted by molar-refractivity contribution is -0.152. The lowest BCUT2D eigenvalue weighted by Crippen LogP contribution is -2.22. The van der Waals surface area contributed by atoms with Gasteiger partial charge in [0.2, 0.25) is 0 Å². The Morgan fingerprint density at radius 3 is 2.41 bits per heavy atom. The largest absolute Gasteiger partial charge is 0.481 e. The van der Waals surface area contributed by atoms with Gasteiger partial charge in [0.1, 0.15) is 0 Å². The Morgan fingerprint density at radius 2 is 1.85 bits per heavy atom. The molecule has 12 nitrogen and oxygen atoms in total. The van der Waals surface area contributed by atoms with E-state index in [1.165, 1.54) is 0 Å². The summed E-state index contributed by atoms with van der Waals surface area (Å²) in [5.41, 5.74) is 4.80. The number of nitrogens with zero attached hydrogens (tertiary/aromatic N) is 3. The van der Waals surface area contributed by atoms with Gasteiger partial charge in [-0.15, -0.1) is 0 Å². The fraction of sp³-hybridized carbons (Fsp3) is 0.370. The molecule has 0 saturated heterocycles. The number of aliphatic carboxylic acids is 2. The van der Waals surface area contributed by atoms with Gasteiger partial charge >= 0.3 is 17.6 Å². The zero-order chi connectivity index (χ0) is 29.1. The van der Waals surface area contributed by atoms with Crippen molar-refractivity contribution in [3.8, 4) is 11.1 Å². The molecule has 0 saturated carbocycles. The van der Waals surface area contributed by atoms with Crippen LogP contribution in [0.5, 0.6) is 0 Å². The number of imidazole rings is 1. The number of aliphatic hydroxyl groups excluding tert-OH is 1. The maximum Gasteiger partial charge on any atom is 0.333 e. The van der Waals surface area contributed by atoms with E-state index in [4.69, 9.17) is 20.1 Å². The fourth-order valence-corrected chi connectivity index (χ4v) is 3.96. The summed E-state index contributed by atoms with van der Waals surface area (Å²) < 4.78 is 7.05. The van der Waals surface area contributed by atoms with Crippen molar-refractivity contribution in [1.29, 1.82) is 0 Å². The third kappa shape index (κ3) is 6.85. The number of methoxy groups -OCH3 is 1. The summed E-state index contributed by atoms with van der Waals surface area (Å²) in [4.78, 5) is 43.5. The van der Waals surface area contributed by atoms with Crippen LogP contribution in [0, 0.1) is 0 Å². The molecule has 39 heavy (non-hydrogen) atoms. The predicted molar refractivity (Wildman–Crippen MR) is 143 cm³/mol. The van der Waals surface area contributed by atoms with Gasteiger partial charge < -0.3 is 30.1 Å². The van der Waals surface area contributed by atoms with Crippen LogP contribution in [-0.2, 0) is 33.4 Å². The van der Waals surface area contributed by atoms with Crippen LogP contribution in [0.4, 0.5) is 0 Å². The van der Waals surface area contributed by atoms with E-state index in [-0.39, 0.29) is 11.8 Å². The molecule has 0 amide bonds. The first-order chi connectivity index (χ1) is 18.2. The molecule has 0 fully saturated rings. The monoisotopic (exact) mass is 540 g/mol. The minimum absolute atomic E-state index is 0.0203. The Bertz CT molecular complexity index is 1570. The molecular formula is C27H32N4O8. The van der Waals surface area contributed by atoms with E-state index in [2.05, 4.69) is 15.0 Å². The summed E-state index contributed by atoms with van der Waals surface area (Å²) in [5.74, 6) is -2.85. The number of H-pyrrole nitrogens is 1. The van der Waals surface area contributed by atoms with Crippen LogP contribution in [0.2, 0.25) is 0 Å². The molecule has 0 aliphatic heterocycles. The van der Waals surface area contributed by atoms with Gasteiger partial charge in [0.15, 0.2) is 6.10 Å². The van der Waals surface area contributed by atoms with Gasteiger partial charge in [0.25, 0.3) is 0 Å². The highest BCUT2D eigenvalue weighted by Gasteiger charge is 2.20. The maximum absolute atomic E-state index is 12.2. The summed E-state index contributed by atoms with van der Waals surface area (Å²) in [6.45, 7) is 5.50. The topological polar surface area (TPSA) is 188 Å². The van der Waals surface area contributed by atoms with Crippen molar-refractivity contribution in [2.24, 2.45) is 7.05 Å². The SMILES string of the molecule is CO[C@@H](C)Cc1cc2ncc3c([nH]c(=O)n3C)c2cc1-c1cncc(C(C)(C)O)c1.O=C(O)CC(O)C(=O)O. The van der Waals surface area contributed by atoms with Crippen LogP contribution in [0.1, 0.15) is 38.3 Å². The second-order valence-corrected chi connectivity index (χ2v) is 9.76. The third-order valence-corrected chi connectivity index (χ3v) is 6.29. The Kier molecular flexibility index (Phi) is 8.85. The molecule has 12 heteroatoms. The van der Waals surface area contributed by atoms with Gasteiger partial charge in [-0.25, -0.2) is 9.59 Å². The van der Waals surface area contributed by atoms with Crippen molar-refractivity contribution in [3.63, 3.8) is 0 Å². The lowest BCUT2D eigenvalue weighted by Gasteiger charge is -2.19. The second kappa shape index (κ2) is 11.7. The maximum atomic E-state index is 12.2. The number of aliphatic hydroxyl groups is 2. The quantitative estimate of drug-likeness (QED) is 0.222. The van der Waals surface area contributed by atoms with Crippen molar-refractivity contribution in [2.45, 2.75) is 51.4 Å². The molecule has 0 bridgehead atoms. The molecule has 0 aliphatic carbocycles. The molecule has 4 rings (SSSR count). The van der Waals surface area contributed by atoms with E-state index in [0.29, 0.717) is 6.42 Å². The minimum Gasteiger partial charge on any atom is -0.481 e. The van der Waals surface area contributed by atoms with Crippen molar-refractivity contribution in [1.82, 2.24) is 19.5 Å². The first-order valence-electron chi connectivity index (χ1n) is 12.1. The van der Waals surface area contributed by atoms with Crippen molar-refractivity contribution in [2.75, 3.05) is 7.11 Å². The standard InChI is InChI=1S/C23H26N4O3.C4H6O5/c1-13(30-5)6-14-8-19-18(21-20(12-25-19)27(4)22(28)26-21)9-17(14)15-7-16(11-24-10-15)23(2,3)29;5-2(4(8)9)1-3(6)7/h7-13,29H,6H2,1-5H3,(H,26,28);2,5H,1H2,(H,6,7)(H,8,9)/t13-;/m0./s1. The van der Waals surface area contributed by atoms with Crippen molar-refractivity contribution >= 4 is 33.9 Å². The number of rotatable bonds is 8. The van der Waals surface area contributed by atoms with Gasteiger partial charge in [-0.05, 0) is 56.5 Å². The Labute approximate surface area is 223 Å². The van der Waals surface area contributed by atoms with Gasteiger partial charge in [-0.2, -0.15) is 0 Å². The zero-order valence-electron chi connectivity index (χ0n) is 22.3. The Morgan fingerprint density at radius 1 is 1.15 bits per heavy atom. The Balaban J connectivity index is 0.000000403. The average Bonchev–Trinajstić information content (AvgIpc) is 3.16. The number of fused-ring (bicyclic) bond motifs is 3. The van der Waals surface area contributed by atoms with E-state index >= 15 is 0 Å². The van der Waals surface area contributed by atoms with Gasteiger partial charge in [0, 0.05) is 43.1 Å². The summed E-state index contributed by atoms with van der Waals surface area (Å²) in [6.07, 6.45) is 3.36. The predicted octanol–water partition coefficient (Wildman–Crippen LogP) is 2.19. The molecule has 208 valence electrons. The molecule has 5 N–H and O–H groups in total. The number of carbonyl (C=O) groups is 2. The molecule has 2 atom stereocenters. The molecule has 0 radical (unpaired) electrons. The van der Waals surface area contributed by atoms with E-state index in [9.17, 15) is 19.5 Å². The summed E-state index contributed by atoms with van der Waals surface area (Å²) in [7, 11) is 3.42. The molecule has 3 aromatic heterocycles. The molecular weight excluding hydrogens is 508 g/mol. The van der Waals surface area contributed by atoms with E-state index in [1.807, 2.05) is 25.1 Å². The normalized spacial score (nSPS) is 13.1. The van der Waals surface area contributed by atoms with Crippen molar-refractivity contribution < 1.29 is 34.8 Å². The number of nitrogens with one attached hydrogen (secondary N) is 1. The summed E-state index contributed by atoms with van der Waals surface area (Å²) in [5, 5.41) is 35.5. The number of aromatic amines is 1. The van der Waals surface area contributed by atoms with Gasteiger partial charge in [-0.1, -0.05) is 0 Å². The number of pyridine rings is 2. The van der Waals surface area contributed by atoms with Crippen LogP contribution < -0.4 is 5.69 Å². The molecule has 0 aliphatic rings. The van der Waals surface area contributed by atoms with E-state index < -0.39 is 30.1 Å². The lowest BCUT2D eigenvalue weighted by atomic mass is 9.92. The first kappa shape index (κ1) is 29.4. The number of aryl methyl sites for hydroxylation is 1. The third-order valence-electron chi connectivity index (χ3n) is 6.29. The van der Waals surface area contributed by atoms with E-state index in [1.54, 1.807) is 51.2 Å². The zero-order valence-corrected chi connectivity index (χ0v) is 22.3. The van der Waals surface area contributed by atoms with Crippen LogP contribution >= 0.6 is 0 Å². The highest BCUT2D eigenvalue weighted by atomic mass is 16.5. The Hall–Kier alpha value is -4.13. The molecule has 3 heterocycles. The second-order valence-electron chi connectivity index (χ2n) is 9.76. The summed E-state index contributed by atoms with van der Waals surface area (Å²) in [6, 6.07) is 6.04. The number of hydrogen-bond acceptors (Lipinski definition) is 8. The van der Waals surface area contributed by atoms with Crippen molar-refractivity contribution in [3.05, 3.63) is 58.4 Å². The number of carboxylic acid groups (broad SMARTS) is 2. The smallest absolute Gasteiger partial charge is 0.333 e. The van der Waals surface area contributed by atoms with Gasteiger partial charge in [-0.3, -0.25) is 19.3 Å². The van der Waals surface area contributed by atoms with Crippen LogP contribution in [-0.4, -0.2) is 71.2 Å². The van der Waals surface area contributed by atoms with Crippen LogP contribution in [0.15, 0.2) is 41.6 Å². The first-order valence-corrected chi connectivity index (χ1v) is 12.1. The fourth-order valence-electron chi connectivity index (χ4n) is 3.96. The number of aromatic nitrogens is 4. The number of benzene rings is 1.